The van der Waals surface area contributed by atoms with Gasteiger partial charge in [-0.2, -0.15) is 0 Å². The van der Waals surface area contributed by atoms with Crippen molar-refractivity contribution >= 4 is 27.7 Å². The molecule has 0 aromatic heterocycles. The molecule has 1 aliphatic carbocycles. The Balaban J connectivity index is 1.76. The summed E-state index contributed by atoms with van der Waals surface area (Å²) in [5.74, 6) is -0.258. The number of rotatable bonds is 5. The molecule has 0 bridgehead atoms. The van der Waals surface area contributed by atoms with E-state index in [-0.39, 0.29) is 18.5 Å². The van der Waals surface area contributed by atoms with Crippen LogP contribution in [0.15, 0.2) is 45.2 Å². The van der Waals surface area contributed by atoms with Crippen LogP contribution in [0.5, 0.6) is 5.75 Å². The van der Waals surface area contributed by atoms with E-state index in [0.29, 0.717) is 35.6 Å². The standard InChI is InChI=1S/C23H26BrNO5/c1-13-20(23(27)30-12-15-5-4-10-29-15)21(16-11-14(24)8-9-19(16)28-2)22-17(25-13)6-3-7-18(22)26/h8-9,11,15,21,25H,3-7,10,12H2,1-2H3/t15-,21-/m0/s1. The van der Waals surface area contributed by atoms with E-state index in [0.717, 1.165) is 41.4 Å². The van der Waals surface area contributed by atoms with Crippen LogP contribution in [-0.2, 0) is 19.1 Å². The number of dihydropyridines is 1. The summed E-state index contributed by atoms with van der Waals surface area (Å²) in [6.45, 7) is 2.79. The Morgan fingerprint density at radius 2 is 2.13 bits per heavy atom. The van der Waals surface area contributed by atoms with Crippen molar-refractivity contribution in [2.24, 2.45) is 0 Å². The Kier molecular flexibility index (Phi) is 6.29. The fourth-order valence-electron chi connectivity index (χ4n) is 4.52. The average Bonchev–Trinajstić information content (AvgIpc) is 3.25. The first kappa shape index (κ1) is 21.1. The zero-order valence-corrected chi connectivity index (χ0v) is 18.8. The molecule has 0 saturated carbocycles. The lowest BCUT2D eigenvalue weighted by atomic mass is 9.75. The first-order chi connectivity index (χ1) is 14.5. The van der Waals surface area contributed by atoms with Gasteiger partial charge in [0.25, 0.3) is 0 Å². The predicted molar refractivity (Wildman–Crippen MR) is 115 cm³/mol. The number of Topliss-reactive ketones (excluding diaryl/α,β-unsaturated/α-hetero) is 1. The van der Waals surface area contributed by atoms with Crippen LogP contribution in [0.4, 0.5) is 0 Å². The minimum atomic E-state index is -0.529. The quantitative estimate of drug-likeness (QED) is 0.644. The number of hydrogen-bond donors (Lipinski definition) is 1. The maximum Gasteiger partial charge on any atom is 0.336 e. The third kappa shape index (κ3) is 4.05. The van der Waals surface area contributed by atoms with Crippen LogP contribution in [0, 0.1) is 0 Å². The molecular formula is C23H26BrNO5. The number of carbonyl (C=O) groups is 2. The van der Waals surface area contributed by atoms with E-state index >= 15 is 0 Å². The summed E-state index contributed by atoms with van der Waals surface area (Å²) in [5, 5.41) is 3.31. The minimum Gasteiger partial charge on any atom is -0.496 e. The Morgan fingerprint density at radius 3 is 2.87 bits per heavy atom. The second-order valence-corrected chi connectivity index (χ2v) is 8.80. The zero-order valence-electron chi connectivity index (χ0n) is 17.3. The van der Waals surface area contributed by atoms with E-state index < -0.39 is 11.9 Å². The van der Waals surface area contributed by atoms with Gasteiger partial charge in [0.2, 0.25) is 0 Å². The fourth-order valence-corrected chi connectivity index (χ4v) is 4.90. The molecule has 3 aliphatic rings. The molecule has 0 radical (unpaired) electrons. The second-order valence-electron chi connectivity index (χ2n) is 7.89. The number of nitrogens with one attached hydrogen (secondary N) is 1. The van der Waals surface area contributed by atoms with Gasteiger partial charge in [-0.1, -0.05) is 15.9 Å². The maximum atomic E-state index is 13.3. The number of benzene rings is 1. The highest BCUT2D eigenvalue weighted by Gasteiger charge is 2.40. The highest BCUT2D eigenvalue weighted by atomic mass is 79.9. The fraction of sp³-hybridized carbons (Fsp3) is 0.478. The SMILES string of the molecule is COc1ccc(Br)cc1[C@H]1C(C(=O)OC[C@@H]2CCCO2)=C(C)NC2=C1C(=O)CCC2. The van der Waals surface area contributed by atoms with Gasteiger partial charge in [0.15, 0.2) is 5.78 Å². The number of allylic oxidation sites excluding steroid dienone is 3. The minimum absolute atomic E-state index is 0.0589. The predicted octanol–water partition coefficient (Wildman–Crippen LogP) is 4.15. The number of esters is 1. The monoisotopic (exact) mass is 475 g/mol. The topological polar surface area (TPSA) is 73.9 Å². The molecule has 1 saturated heterocycles. The van der Waals surface area contributed by atoms with Crippen molar-refractivity contribution in [3.05, 3.63) is 50.8 Å². The van der Waals surface area contributed by atoms with Crippen LogP contribution >= 0.6 is 15.9 Å². The van der Waals surface area contributed by atoms with E-state index in [1.807, 2.05) is 25.1 Å². The van der Waals surface area contributed by atoms with Crippen molar-refractivity contribution in [1.82, 2.24) is 5.32 Å². The van der Waals surface area contributed by atoms with E-state index in [1.54, 1.807) is 7.11 Å². The molecule has 1 fully saturated rings. The molecule has 0 unspecified atom stereocenters. The lowest BCUT2D eigenvalue weighted by Gasteiger charge is -2.34. The van der Waals surface area contributed by atoms with Crippen LogP contribution in [0.1, 0.15) is 50.5 Å². The number of ketones is 1. The summed E-state index contributed by atoms with van der Waals surface area (Å²) in [7, 11) is 1.60. The van der Waals surface area contributed by atoms with Gasteiger partial charge in [-0.15, -0.1) is 0 Å². The van der Waals surface area contributed by atoms with Gasteiger partial charge >= 0.3 is 5.97 Å². The molecule has 4 rings (SSSR count). The van der Waals surface area contributed by atoms with Gasteiger partial charge in [0.05, 0.1) is 24.7 Å². The molecule has 1 aromatic rings. The summed E-state index contributed by atoms with van der Waals surface area (Å²) >= 11 is 3.52. The molecule has 30 heavy (non-hydrogen) atoms. The molecule has 1 aromatic carbocycles. The van der Waals surface area contributed by atoms with E-state index in [9.17, 15) is 9.59 Å². The molecule has 0 amide bonds. The van der Waals surface area contributed by atoms with Gasteiger partial charge in [0, 0.05) is 40.0 Å². The first-order valence-corrected chi connectivity index (χ1v) is 11.1. The molecule has 2 atom stereocenters. The second kappa shape index (κ2) is 8.94. The number of methoxy groups -OCH3 is 1. The normalized spacial score (nSPS) is 23.9. The van der Waals surface area contributed by atoms with Crippen molar-refractivity contribution in [2.45, 2.75) is 51.0 Å². The van der Waals surface area contributed by atoms with E-state index in [4.69, 9.17) is 14.2 Å². The van der Waals surface area contributed by atoms with Crippen LogP contribution in [0.2, 0.25) is 0 Å². The van der Waals surface area contributed by atoms with Gasteiger partial charge in [-0.3, -0.25) is 4.79 Å². The third-order valence-corrected chi connectivity index (χ3v) is 6.42. The smallest absolute Gasteiger partial charge is 0.336 e. The summed E-state index contributed by atoms with van der Waals surface area (Å²) in [5.41, 5.74) is 3.49. The molecular weight excluding hydrogens is 450 g/mol. The first-order valence-electron chi connectivity index (χ1n) is 10.4. The molecule has 6 nitrogen and oxygen atoms in total. The number of halogens is 1. The highest BCUT2D eigenvalue weighted by molar-refractivity contribution is 9.10. The molecule has 2 aliphatic heterocycles. The molecule has 160 valence electrons. The van der Waals surface area contributed by atoms with Crippen LogP contribution in [0.3, 0.4) is 0 Å². The zero-order chi connectivity index (χ0) is 21.3. The number of ether oxygens (including phenoxy) is 3. The van der Waals surface area contributed by atoms with Crippen molar-refractivity contribution in [3.8, 4) is 5.75 Å². The summed E-state index contributed by atoms with van der Waals surface area (Å²) in [6, 6.07) is 5.65. The highest BCUT2D eigenvalue weighted by Crippen LogP contribution is 2.45. The average molecular weight is 476 g/mol. The summed E-state index contributed by atoms with van der Waals surface area (Å²) < 4.78 is 17.7. The molecule has 1 N–H and O–H groups in total. The van der Waals surface area contributed by atoms with Crippen molar-refractivity contribution < 1.29 is 23.8 Å². The lowest BCUT2D eigenvalue weighted by Crippen LogP contribution is -2.35. The van der Waals surface area contributed by atoms with Crippen LogP contribution < -0.4 is 10.1 Å². The summed E-state index contributed by atoms with van der Waals surface area (Å²) in [4.78, 5) is 26.2. The van der Waals surface area contributed by atoms with Crippen molar-refractivity contribution in [2.75, 3.05) is 20.3 Å². The van der Waals surface area contributed by atoms with Gasteiger partial charge < -0.3 is 19.5 Å². The van der Waals surface area contributed by atoms with E-state index in [1.165, 1.54) is 0 Å². The number of hydrogen-bond acceptors (Lipinski definition) is 6. The molecule has 0 spiro atoms. The van der Waals surface area contributed by atoms with Crippen molar-refractivity contribution in [3.63, 3.8) is 0 Å². The third-order valence-electron chi connectivity index (χ3n) is 5.92. The maximum absolute atomic E-state index is 13.3. The van der Waals surface area contributed by atoms with Crippen LogP contribution in [0.25, 0.3) is 0 Å². The van der Waals surface area contributed by atoms with Crippen LogP contribution in [-0.4, -0.2) is 38.2 Å². The molecule has 7 heteroatoms. The van der Waals surface area contributed by atoms with Gasteiger partial charge in [-0.05, 0) is 50.8 Å². The number of carbonyl (C=O) groups excluding carboxylic acids is 2. The lowest BCUT2D eigenvalue weighted by molar-refractivity contribution is -0.142. The van der Waals surface area contributed by atoms with Crippen molar-refractivity contribution in [1.29, 1.82) is 0 Å². The Labute approximate surface area is 184 Å². The Bertz CT molecular complexity index is 930. The summed E-state index contributed by atoms with van der Waals surface area (Å²) in [6.07, 6.45) is 3.87. The van der Waals surface area contributed by atoms with Gasteiger partial charge in [-0.25, -0.2) is 4.79 Å². The molecule has 2 heterocycles. The Morgan fingerprint density at radius 1 is 1.30 bits per heavy atom. The largest absolute Gasteiger partial charge is 0.496 e. The Hall–Kier alpha value is -2.12. The van der Waals surface area contributed by atoms with Gasteiger partial charge in [0.1, 0.15) is 12.4 Å². The van der Waals surface area contributed by atoms with E-state index in [2.05, 4.69) is 21.2 Å².